The van der Waals surface area contributed by atoms with Gasteiger partial charge in [0, 0.05) is 6.20 Å². The van der Waals surface area contributed by atoms with Gasteiger partial charge in [-0.25, -0.2) is 4.98 Å². The number of aliphatic hydroxyl groups is 1. The molecular weight excluding hydrogens is 214 g/mol. The van der Waals surface area contributed by atoms with Gasteiger partial charge in [0.05, 0.1) is 23.9 Å². The Balaban J connectivity index is 1.97. The molecule has 0 amide bonds. The van der Waals surface area contributed by atoms with Gasteiger partial charge in [-0.3, -0.25) is 4.98 Å². The second-order valence-electron chi connectivity index (χ2n) is 4.18. The van der Waals surface area contributed by atoms with Gasteiger partial charge in [0.15, 0.2) is 0 Å². The second kappa shape index (κ2) is 4.14. The van der Waals surface area contributed by atoms with Gasteiger partial charge in [0.25, 0.3) is 0 Å². The monoisotopic (exact) mass is 227 g/mol. The first-order chi connectivity index (χ1) is 8.34. The quantitative estimate of drug-likeness (QED) is 0.781. The van der Waals surface area contributed by atoms with Gasteiger partial charge in [-0.2, -0.15) is 0 Å². The minimum Gasteiger partial charge on any atom is -0.382 e. The number of nitrogens with zero attached hydrogens (tertiary/aromatic N) is 2. The van der Waals surface area contributed by atoms with Crippen molar-refractivity contribution in [2.75, 3.05) is 0 Å². The van der Waals surface area contributed by atoms with Gasteiger partial charge < -0.3 is 10.1 Å². The molecule has 0 saturated carbocycles. The summed E-state index contributed by atoms with van der Waals surface area (Å²) in [6, 6.07) is 3.94. The Kier molecular flexibility index (Phi) is 2.49. The normalized spacial score (nSPS) is 21.5. The second-order valence-corrected chi connectivity index (χ2v) is 4.18. The Hall–Kier alpha value is -1.94. The van der Waals surface area contributed by atoms with Gasteiger partial charge in [0.1, 0.15) is 6.10 Å². The Morgan fingerprint density at radius 2 is 2.35 bits per heavy atom. The molecule has 86 valence electrons. The van der Waals surface area contributed by atoms with E-state index in [1.165, 1.54) is 0 Å². The average Bonchev–Trinajstić information content (AvgIpc) is 2.86. The highest BCUT2D eigenvalue weighted by Crippen LogP contribution is 2.33. The summed E-state index contributed by atoms with van der Waals surface area (Å²) < 4.78 is 0. The average molecular weight is 227 g/mol. The Bertz CT molecular complexity index is 546. The van der Waals surface area contributed by atoms with E-state index in [0.29, 0.717) is 0 Å². The molecule has 17 heavy (non-hydrogen) atoms. The standard InChI is InChI=1S/C13H13N3O/c17-13-10(6-11-7-14-8-16-11)4-3-9-2-1-5-15-12(9)13/h1-2,5-8,13,17H,3-4H2,(H,14,16). The molecule has 0 aromatic carbocycles. The van der Waals surface area contributed by atoms with E-state index in [4.69, 9.17) is 0 Å². The Morgan fingerprint density at radius 1 is 1.41 bits per heavy atom. The largest absolute Gasteiger partial charge is 0.382 e. The molecule has 2 aromatic heterocycles. The van der Waals surface area contributed by atoms with Crippen molar-refractivity contribution in [1.29, 1.82) is 0 Å². The van der Waals surface area contributed by atoms with Crippen molar-refractivity contribution in [2.24, 2.45) is 0 Å². The number of aryl methyl sites for hydroxylation is 1. The summed E-state index contributed by atoms with van der Waals surface area (Å²) in [5.41, 5.74) is 3.82. The first-order valence-corrected chi connectivity index (χ1v) is 5.65. The van der Waals surface area contributed by atoms with Crippen LogP contribution < -0.4 is 0 Å². The number of H-pyrrole nitrogens is 1. The van der Waals surface area contributed by atoms with E-state index in [0.717, 1.165) is 35.4 Å². The Labute approximate surface area is 99.1 Å². The zero-order valence-electron chi connectivity index (χ0n) is 9.30. The van der Waals surface area contributed by atoms with Crippen LogP contribution in [0.1, 0.15) is 29.5 Å². The number of fused-ring (bicyclic) bond motifs is 1. The summed E-state index contributed by atoms with van der Waals surface area (Å²) >= 11 is 0. The lowest BCUT2D eigenvalue weighted by Crippen LogP contribution is -2.13. The zero-order valence-corrected chi connectivity index (χ0v) is 9.30. The molecule has 1 atom stereocenters. The molecule has 0 fully saturated rings. The van der Waals surface area contributed by atoms with Crippen LogP contribution in [0.25, 0.3) is 6.08 Å². The number of hydrogen-bond donors (Lipinski definition) is 2. The molecule has 0 bridgehead atoms. The van der Waals surface area contributed by atoms with Crippen LogP contribution in [0.5, 0.6) is 0 Å². The fraction of sp³-hybridized carbons (Fsp3) is 0.231. The molecule has 1 aliphatic carbocycles. The molecule has 0 saturated heterocycles. The molecule has 0 radical (unpaired) electrons. The van der Waals surface area contributed by atoms with Gasteiger partial charge in [0.2, 0.25) is 0 Å². The van der Waals surface area contributed by atoms with Crippen molar-refractivity contribution < 1.29 is 5.11 Å². The molecule has 0 aliphatic heterocycles. The first kappa shape index (κ1) is 10.2. The summed E-state index contributed by atoms with van der Waals surface area (Å²) in [6.45, 7) is 0. The summed E-state index contributed by atoms with van der Waals surface area (Å²) in [7, 11) is 0. The molecule has 3 rings (SSSR count). The fourth-order valence-corrected chi connectivity index (χ4v) is 2.20. The molecule has 1 unspecified atom stereocenters. The number of pyridine rings is 1. The highest BCUT2D eigenvalue weighted by atomic mass is 16.3. The third-order valence-corrected chi connectivity index (χ3v) is 3.08. The number of aromatic nitrogens is 3. The van der Waals surface area contributed by atoms with Crippen LogP contribution in [0.4, 0.5) is 0 Å². The predicted molar refractivity (Wildman–Crippen MR) is 64.1 cm³/mol. The highest BCUT2D eigenvalue weighted by molar-refractivity contribution is 5.52. The zero-order chi connectivity index (χ0) is 11.7. The predicted octanol–water partition coefficient (Wildman–Crippen LogP) is 1.87. The van der Waals surface area contributed by atoms with E-state index in [9.17, 15) is 5.11 Å². The fourth-order valence-electron chi connectivity index (χ4n) is 2.20. The first-order valence-electron chi connectivity index (χ1n) is 5.65. The molecule has 2 N–H and O–H groups in total. The number of aliphatic hydroxyl groups excluding tert-OH is 1. The van der Waals surface area contributed by atoms with Crippen molar-refractivity contribution in [3.05, 3.63) is 53.4 Å². The minimum absolute atomic E-state index is 0.594. The van der Waals surface area contributed by atoms with Crippen molar-refractivity contribution >= 4 is 6.08 Å². The molecular formula is C13H13N3O. The minimum atomic E-state index is -0.594. The van der Waals surface area contributed by atoms with Crippen LogP contribution in [0, 0.1) is 0 Å². The SMILES string of the molecule is OC1C(=Cc2cnc[nH]2)CCc2cccnc21. The van der Waals surface area contributed by atoms with E-state index < -0.39 is 6.10 Å². The van der Waals surface area contributed by atoms with Crippen LogP contribution in [0.2, 0.25) is 0 Å². The maximum Gasteiger partial charge on any atom is 0.118 e. The van der Waals surface area contributed by atoms with Crippen molar-refractivity contribution in [3.63, 3.8) is 0 Å². The number of aromatic amines is 1. The van der Waals surface area contributed by atoms with Gasteiger partial charge in [-0.05, 0) is 36.1 Å². The van der Waals surface area contributed by atoms with Crippen LogP contribution in [-0.4, -0.2) is 20.1 Å². The Morgan fingerprint density at radius 3 is 3.18 bits per heavy atom. The van der Waals surface area contributed by atoms with Crippen molar-refractivity contribution in [1.82, 2.24) is 15.0 Å². The summed E-state index contributed by atoms with van der Waals surface area (Å²) in [5.74, 6) is 0. The summed E-state index contributed by atoms with van der Waals surface area (Å²) in [6.07, 6.45) is 8.25. The summed E-state index contributed by atoms with van der Waals surface area (Å²) in [5, 5.41) is 10.3. The summed E-state index contributed by atoms with van der Waals surface area (Å²) in [4.78, 5) is 11.2. The van der Waals surface area contributed by atoms with Gasteiger partial charge in [-0.15, -0.1) is 0 Å². The number of rotatable bonds is 1. The topological polar surface area (TPSA) is 61.8 Å². The number of hydrogen-bond acceptors (Lipinski definition) is 3. The molecule has 0 spiro atoms. The maximum absolute atomic E-state index is 10.3. The van der Waals surface area contributed by atoms with Crippen LogP contribution in [-0.2, 0) is 6.42 Å². The van der Waals surface area contributed by atoms with E-state index in [-0.39, 0.29) is 0 Å². The van der Waals surface area contributed by atoms with E-state index in [1.807, 2.05) is 18.2 Å². The number of imidazole rings is 1. The third-order valence-electron chi connectivity index (χ3n) is 3.08. The van der Waals surface area contributed by atoms with Gasteiger partial charge in [-0.1, -0.05) is 6.07 Å². The molecule has 4 heteroatoms. The molecule has 4 nitrogen and oxygen atoms in total. The van der Waals surface area contributed by atoms with Crippen molar-refractivity contribution in [2.45, 2.75) is 18.9 Å². The smallest absolute Gasteiger partial charge is 0.118 e. The molecule has 2 aromatic rings. The van der Waals surface area contributed by atoms with E-state index in [1.54, 1.807) is 18.7 Å². The van der Waals surface area contributed by atoms with Crippen LogP contribution >= 0.6 is 0 Å². The molecule has 1 aliphatic rings. The van der Waals surface area contributed by atoms with Crippen molar-refractivity contribution in [3.8, 4) is 0 Å². The van der Waals surface area contributed by atoms with Crippen LogP contribution in [0.3, 0.4) is 0 Å². The lowest BCUT2D eigenvalue weighted by molar-refractivity contribution is 0.201. The lowest BCUT2D eigenvalue weighted by Gasteiger charge is -2.23. The highest BCUT2D eigenvalue weighted by Gasteiger charge is 2.23. The van der Waals surface area contributed by atoms with E-state index >= 15 is 0 Å². The lowest BCUT2D eigenvalue weighted by atomic mass is 9.89. The van der Waals surface area contributed by atoms with Crippen LogP contribution in [0.15, 0.2) is 36.4 Å². The third kappa shape index (κ3) is 1.87. The maximum atomic E-state index is 10.3. The van der Waals surface area contributed by atoms with E-state index in [2.05, 4.69) is 15.0 Å². The molecule has 2 heterocycles. The number of nitrogens with one attached hydrogen (secondary N) is 1. The van der Waals surface area contributed by atoms with Gasteiger partial charge >= 0.3 is 0 Å².